The van der Waals surface area contributed by atoms with Gasteiger partial charge in [0, 0.05) is 0 Å². The number of phenols is 1. The van der Waals surface area contributed by atoms with Crippen LogP contribution in [-0.4, -0.2) is 17.2 Å². The Hall–Kier alpha value is -1.64. The van der Waals surface area contributed by atoms with Crippen LogP contribution >= 0.6 is 0 Å². The van der Waals surface area contributed by atoms with Crippen LogP contribution in [-0.2, 0) is 4.79 Å². The first kappa shape index (κ1) is 16.4. The Labute approximate surface area is 121 Å². The third-order valence-electron chi connectivity index (χ3n) is 3.55. The normalized spacial score (nSPS) is 13.3. The van der Waals surface area contributed by atoms with Gasteiger partial charge in [-0.2, -0.15) is 0 Å². The van der Waals surface area contributed by atoms with Crippen LogP contribution in [0.1, 0.15) is 62.9 Å². The van der Waals surface area contributed by atoms with E-state index in [2.05, 4.69) is 34.6 Å². The first-order valence-corrected chi connectivity index (χ1v) is 6.99. The van der Waals surface area contributed by atoms with Crippen molar-refractivity contribution in [3.05, 3.63) is 29.3 Å². The molecule has 0 saturated carbocycles. The van der Waals surface area contributed by atoms with Crippen molar-refractivity contribution in [1.82, 2.24) is 0 Å². The standard InChI is InChI=1S/C17H24O3/c1-11(2)8-14(17(3,4)5)12-6-7-13(15(19)9-12)16(20)10-18/h6-7,9-11,14,19H,8H2,1-5H3. The van der Waals surface area contributed by atoms with E-state index in [9.17, 15) is 14.7 Å². The third-order valence-corrected chi connectivity index (χ3v) is 3.55. The van der Waals surface area contributed by atoms with E-state index in [4.69, 9.17) is 0 Å². The second-order valence-electron chi connectivity index (χ2n) is 6.81. The maximum Gasteiger partial charge on any atom is 0.229 e. The molecule has 1 atom stereocenters. The van der Waals surface area contributed by atoms with Crippen molar-refractivity contribution < 1.29 is 14.7 Å². The maximum absolute atomic E-state index is 11.4. The first-order chi connectivity index (χ1) is 9.16. The van der Waals surface area contributed by atoms with Gasteiger partial charge in [-0.05, 0) is 41.4 Å². The van der Waals surface area contributed by atoms with E-state index in [0.717, 1.165) is 12.0 Å². The predicted molar refractivity (Wildman–Crippen MR) is 80.2 cm³/mol. The number of hydrogen-bond acceptors (Lipinski definition) is 3. The first-order valence-electron chi connectivity index (χ1n) is 6.99. The molecular formula is C17H24O3. The van der Waals surface area contributed by atoms with Gasteiger partial charge >= 0.3 is 0 Å². The van der Waals surface area contributed by atoms with Gasteiger partial charge in [-0.1, -0.05) is 40.7 Å². The SMILES string of the molecule is CC(C)CC(c1ccc(C(=O)C=O)c(O)c1)C(C)(C)C. The van der Waals surface area contributed by atoms with Crippen LogP contribution in [0.4, 0.5) is 0 Å². The number of hydrogen-bond donors (Lipinski definition) is 1. The minimum Gasteiger partial charge on any atom is -0.507 e. The van der Waals surface area contributed by atoms with Crippen LogP contribution in [0.15, 0.2) is 18.2 Å². The molecule has 1 aromatic rings. The zero-order valence-corrected chi connectivity index (χ0v) is 12.9. The molecule has 3 heteroatoms. The van der Waals surface area contributed by atoms with E-state index >= 15 is 0 Å². The van der Waals surface area contributed by atoms with Gasteiger partial charge in [-0.25, -0.2) is 0 Å². The summed E-state index contributed by atoms with van der Waals surface area (Å²) >= 11 is 0. The van der Waals surface area contributed by atoms with Gasteiger partial charge < -0.3 is 5.11 Å². The summed E-state index contributed by atoms with van der Waals surface area (Å²) in [5, 5.41) is 9.96. The summed E-state index contributed by atoms with van der Waals surface area (Å²) in [4.78, 5) is 21.9. The number of phenolic OH excluding ortho intramolecular Hbond substituents is 1. The monoisotopic (exact) mass is 276 g/mol. The number of carbonyl (C=O) groups excluding carboxylic acids is 2. The molecule has 0 amide bonds. The van der Waals surface area contributed by atoms with E-state index in [1.165, 1.54) is 0 Å². The van der Waals surface area contributed by atoms with Crippen molar-refractivity contribution in [2.24, 2.45) is 11.3 Å². The smallest absolute Gasteiger partial charge is 0.229 e. The van der Waals surface area contributed by atoms with Crippen LogP contribution in [0.2, 0.25) is 0 Å². The van der Waals surface area contributed by atoms with Gasteiger partial charge in [0.15, 0.2) is 6.29 Å². The molecule has 0 fully saturated rings. The molecule has 110 valence electrons. The molecule has 1 unspecified atom stereocenters. The highest BCUT2D eigenvalue weighted by atomic mass is 16.3. The molecule has 0 saturated heterocycles. The molecule has 0 bridgehead atoms. The molecule has 1 aromatic carbocycles. The van der Waals surface area contributed by atoms with Crippen molar-refractivity contribution in [3.63, 3.8) is 0 Å². The highest BCUT2D eigenvalue weighted by Gasteiger charge is 2.27. The maximum atomic E-state index is 11.4. The Balaban J connectivity index is 3.19. The lowest BCUT2D eigenvalue weighted by Crippen LogP contribution is -2.20. The van der Waals surface area contributed by atoms with Crippen LogP contribution in [0.5, 0.6) is 5.75 Å². The lowest BCUT2D eigenvalue weighted by molar-refractivity contribution is -0.104. The number of benzene rings is 1. The Morgan fingerprint density at radius 3 is 2.30 bits per heavy atom. The average Bonchev–Trinajstić information content (AvgIpc) is 2.33. The van der Waals surface area contributed by atoms with Crippen LogP contribution in [0.3, 0.4) is 0 Å². The van der Waals surface area contributed by atoms with Gasteiger partial charge in [0.25, 0.3) is 0 Å². The number of carbonyl (C=O) groups is 2. The van der Waals surface area contributed by atoms with Gasteiger partial charge in [-0.3, -0.25) is 9.59 Å². The minimum atomic E-state index is -0.690. The summed E-state index contributed by atoms with van der Waals surface area (Å²) in [6.07, 6.45) is 1.23. The number of Topliss-reactive ketones (excluding diaryl/α,β-unsaturated/α-hetero) is 1. The summed E-state index contributed by atoms with van der Waals surface area (Å²) in [6, 6.07) is 5.00. The number of aldehydes is 1. The highest BCUT2D eigenvalue weighted by molar-refractivity contribution is 6.34. The topological polar surface area (TPSA) is 54.4 Å². The fourth-order valence-corrected chi connectivity index (χ4v) is 2.50. The van der Waals surface area contributed by atoms with Crippen LogP contribution < -0.4 is 0 Å². The predicted octanol–water partition coefficient (Wildman–Crippen LogP) is 3.95. The van der Waals surface area contributed by atoms with Crippen LogP contribution in [0.25, 0.3) is 0 Å². The Bertz CT molecular complexity index is 495. The van der Waals surface area contributed by atoms with Crippen molar-refractivity contribution in [2.75, 3.05) is 0 Å². The van der Waals surface area contributed by atoms with E-state index in [-0.39, 0.29) is 28.9 Å². The fourth-order valence-electron chi connectivity index (χ4n) is 2.50. The molecule has 1 N–H and O–H groups in total. The molecule has 0 aliphatic rings. The number of aromatic hydroxyl groups is 1. The van der Waals surface area contributed by atoms with Crippen molar-refractivity contribution in [2.45, 2.75) is 47.0 Å². The lowest BCUT2D eigenvalue weighted by atomic mass is 9.72. The zero-order chi connectivity index (χ0) is 15.5. The highest BCUT2D eigenvalue weighted by Crippen LogP contribution is 2.41. The molecule has 0 heterocycles. The van der Waals surface area contributed by atoms with Crippen molar-refractivity contribution >= 4 is 12.1 Å². The van der Waals surface area contributed by atoms with Gasteiger partial charge in [0.1, 0.15) is 5.75 Å². The van der Waals surface area contributed by atoms with E-state index in [0.29, 0.717) is 5.92 Å². The Morgan fingerprint density at radius 2 is 1.90 bits per heavy atom. The summed E-state index contributed by atoms with van der Waals surface area (Å²) in [5.41, 5.74) is 1.14. The van der Waals surface area contributed by atoms with E-state index in [1.807, 2.05) is 6.07 Å². The molecule has 0 aromatic heterocycles. The average molecular weight is 276 g/mol. The molecule has 0 spiro atoms. The van der Waals surface area contributed by atoms with Crippen LogP contribution in [0, 0.1) is 11.3 Å². The Morgan fingerprint density at radius 1 is 1.30 bits per heavy atom. The molecule has 0 radical (unpaired) electrons. The quantitative estimate of drug-likeness (QED) is 0.503. The van der Waals surface area contributed by atoms with Gasteiger partial charge in [0.2, 0.25) is 5.78 Å². The van der Waals surface area contributed by atoms with E-state index in [1.54, 1.807) is 12.1 Å². The largest absolute Gasteiger partial charge is 0.507 e. The number of ketones is 1. The summed E-state index contributed by atoms with van der Waals surface area (Å²) < 4.78 is 0. The molecule has 0 aliphatic heterocycles. The molecule has 3 nitrogen and oxygen atoms in total. The third kappa shape index (κ3) is 3.92. The minimum absolute atomic E-state index is 0.0624. The molecule has 0 aliphatic carbocycles. The van der Waals surface area contributed by atoms with Crippen molar-refractivity contribution in [3.8, 4) is 5.75 Å². The summed E-state index contributed by atoms with van der Waals surface area (Å²) in [5.74, 6) is 0.0225. The summed E-state index contributed by atoms with van der Waals surface area (Å²) in [6.45, 7) is 10.8. The van der Waals surface area contributed by atoms with Crippen molar-refractivity contribution in [1.29, 1.82) is 0 Å². The second-order valence-corrected chi connectivity index (χ2v) is 6.81. The second kappa shape index (κ2) is 6.21. The Kier molecular flexibility index (Phi) is 5.09. The zero-order valence-electron chi connectivity index (χ0n) is 12.9. The molecule has 20 heavy (non-hydrogen) atoms. The fraction of sp³-hybridized carbons (Fsp3) is 0.529. The molecular weight excluding hydrogens is 252 g/mol. The molecule has 1 rings (SSSR count). The lowest BCUT2D eigenvalue weighted by Gasteiger charge is -2.32. The summed E-state index contributed by atoms with van der Waals surface area (Å²) in [7, 11) is 0. The van der Waals surface area contributed by atoms with Gasteiger partial charge in [0.05, 0.1) is 5.56 Å². The van der Waals surface area contributed by atoms with Gasteiger partial charge in [-0.15, -0.1) is 0 Å². The van der Waals surface area contributed by atoms with E-state index < -0.39 is 5.78 Å². The number of rotatable bonds is 5.